The standard InChI is InChI=1S/C52H32N4/c1-2-9-33(10-3-1)43-22-18-34-21-25-46-44(23-19-35-20-24-45(43)50(34)51(35)46)37-13-7-14-39(28-37)48-30-49(42-29-38-11-4-5-17-47(38)54-32-42)56-52(55-48)40-15-6-12-36(27-40)41-16-8-26-53-31-41/h1-32H. The Morgan fingerprint density at radius 2 is 0.946 bits per heavy atom. The van der Waals surface area contributed by atoms with Crippen molar-refractivity contribution in [2.75, 3.05) is 0 Å². The lowest BCUT2D eigenvalue weighted by atomic mass is 9.87. The molecule has 0 atom stereocenters. The molecule has 0 aliphatic carbocycles. The maximum atomic E-state index is 5.25. The van der Waals surface area contributed by atoms with Crippen molar-refractivity contribution < 1.29 is 0 Å². The molecule has 0 aliphatic rings. The van der Waals surface area contributed by atoms with Gasteiger partial charge in [-0.15, -0.1) is 0 Å². The van der Waals surface area contributed by atoms with E-state index in [2.05, 4.69) is 157 Å². The number of hydrogen-bond donors (Lipinski definition) is 0. The molecule has 0 amide bonds. The monoisotopic (exact) mass is 712 g/mol. The lowest BCUT2D eigenvalue weighted by molar-refractivity contribution is 1.18. The fraction of sp³-hybridized carbons (Fsp3) is 0. The number of hydrogen-bond acceptors (Lipinski definition) is 4. The number of para-hydroxylation sites is 1. The predicted molar refractivity (Wildman–Crippen MR) is 231 cm³/mol. The molecular formula is C52H32N4. The van der Waals surface area contributed by atoms with E-state index >= 15 is 0 Å². The first-order chi connectivity index (χ1) is 27.7. The van der Waals surface area contributed by atoms with Crippen LogP contribution in [0.4, 0.5) is 0 Å². The third kappa shape index (κ3) is 5.47. The van der Waals surface area contributed by atoms with Gasteiger partial charge in [-0.25, -0.2) is 9.97 Å². The minimum atomic E-state index is 0.652. The highest BCUT2D eigenvalue weighted by Gasteiger charge is 2.17. The fourth-order valence-corrected chi connectivity index (χ4v) is 8.22. The molecule has 0 radical (unpaired) electrons. The Kier molecular flexibility index (Phi) is 7.46. The third-order valence-electron chi connectivity index (χ3n) is 10.9. The zero-order chi connectivity index (χ0) is 37.0. The van der Waals surface area contributed by atoms with Gasteiger partial charge < -0.3 is 0 Å². The van der Waals surface area contributed by atoms with Crippen LogP contribution in [0.2, 0.25) is 0 Å². The SMILES string of the molecule is c1ccc(-c2ccc3ccc4c(-c5cccc(-c6cc(-c7cnc8ccccc8c7)nc(-c7cccc(-c8cccnc8)c7)n6)c5)ccc5ccc2c3c54)cc1. The van der Waals surface area contributed by atoms with Gasteiger partial charge in [0.05, 0.1) is 16.9 Å². The van der Waals surface area contributed by atoms with E-state index in [4.69, 9.17) is 15.0 Å². The molecule has 3 aromatic heterocycles. The van der Waals surface area contributed by atoms with Crippen molar-refractivity contribution in [1.82, 2.24) is 19.9 Å². The average Bonchev–Trinajstić information content (AvgIpc) is 3.28. The van der Waals surface area contributed by atoms with Crippen molar-refractivity contribution in [3.8, 4) is 67.3 Å². The van der Waals surface area contributed by atoms with Gasteiger partial charge in [0.25, 0.3) is 0 Å². The number of rotatable bonds is 6. The highest BCUT2D eigenvalue weighted by molar-refractivity contribution is 6.27. The lowest BCUT2D eigenvalue weighted by Crippen LogP contribution is -1.97. The summed E-state index contributed by atoms with van der Waals surface area (Å²) in [5, 5.41) is 8.67. The van der Waals surface area contributed by atoms with Crippen LogP contribution in [0.1, 0.15) is 0 Å². The molecule has 0 bridgehead atoms. The van der Waals surface area contributed by atoms with Crippen molar-refractivity contribution in [1.29, 1.82) is 0 Å². The van der Waals surface area contributed by atoms with E-state index in [0.717, 1.165) is 55.7 Å². The molecule has 4 heteroatoms. The Balaban J connectivity index is 1.08. The number of fused-ring (bicyclic) bond motifs is 1. The van der Waals surface area contributed by atoms with E-state index in [1.807, 2.05) is 36.7 Å². The van der Waals surface area contributed by atoms with Crippen LogP contribution in [0.3, 0.4) is 0 Å². The Bertz CT molecular complexity index is 3250. The van der Waals surface area contributed by atoms with Crippen molar-refractivity contribution in [3.05, 3.63) is 195 Å². The van der Waals surface area contributed by atoms with Crippen molar-refractivity contribution >= 4 is 43.2 Å². The van der Waals surface area contributed by atoms with Crippen LogP contribution in [-0.4, -0.2) is 19.9 Å². The van der Waals surface area contributed by atoms with Crippen molar-refractivity contribution in [2.45, 2.75) is 0 Å². The zero-order valence-electron chi connectivity index (χ0n) is 30.3. The molecule has 0 N–H and O–H groups in total. The Morgan fingerprint density at radius 3 is 1.71 bits per heavy atom. The molecule has 4 nitrogen and oxygen atoms in total. The summed E-state index contributed by atoms with van der Waals surface area (Å²) in [7, 11) is 0. The summed E-state index contributed by atoms with van der Waals surface area (Å²) in [6.45, 7) is 0. The first kappa shape index (κ1) is 31.9. The quantitative estimate of drug-likeness (QED) is 0.161. The van der Waals surface area contributed by atoms with Gasteiger partial charge in [0.15, 0.2) is 5.82 Å². The van der Waals surface area contributed by atoms with E-state index in [0.29, 0.717) is 5.82 Å². The summed E-state index contributed by atoms with van der Waals surface area (Å²) in [6, 6.07) is 62.4. The number of pyridine rings is 2. The summed E-state index contributed by atoms with van der Waals surface area (Å²) in [5.41, 5.74) is 12.4. The van der Waals surface area contributed by atoms with E-state index < -0.39 is 0 Å². The van der Waals surface area contributed by atoms with Crippen LogP contribution < -0.4 is 0 Å². The Morgan fingerprint density at radius 1 is 0.339 bits per heavy atom. The smallest absolute Gasteiger partial charge is 0.160 e. The second kappa shape index (κ2) is 13.1. The van der Waals surface area contributed by atoms with Gasteiger partial charge in [0, 0.05) is 46.2 Å². The minimum Gasteiger partial charge on any atom is -0.264 e. The van der Waals surface area contributed by atoms with Gasteiger partial charge in [-0.3, -0.25) is 9.97 Å². The maximum Gasteiger partial charge on any atom is 0.160 e. The van der Waals surface area contributed by atoms with Crippen LogP contribution in [0.5, 0.6) is 0 Å². The molecule has 0 saturated carbocycles. The fourth-order valence-electron chi connectivity index (χ4n) is 8.22. The second-order valence-electron chi connectivity index (χ2n) is 14.3. The van der Waals surface area contributed by atoms with E-state index in [1.54, 1.807) is 6.20 Å². The van der Waals surface area contributed by atoms with Crippen LogP contribution in [-0.2, 0) is 0 Å². The normalized spacial score (nSPS) is 11.6. The highest BCUT2D eigenvalue weighted by atomic mass is 14.9. The molecule has 8 aromatic carbocycles. The molecule has 0 unspecified atom stereocenters. The molecule has 56 heavy (non-hydrogen) atoms. The number of aromatic nitrogens is 4. The molecule has 260 valence electrons. The highest BCUT2D eigenvalue weighted by Crippen LogP contribution is 2.43. The molecule has 0 saturated heterocycles. The second-order valence-corrected chi connectivity index (χ2v) is 14.3. The lowest BCUT2D eigenvalue weighted by Gasteiger charge is -2.17. The van der Waals surface area contributed by atoms with Gasteiger partial charge in [-0.1, -0.05) is 140 Å². The van der Waals surface area contributed by atoms with Gasteiger partial charge >= 0.3 is 0 Å². The van der Waals surface area contributed by atoms with Crippen LogP contribution >= 0.6 is 0 Å². The van der Waals surface area contributed by atoms with Gasteiger partial charge in [-0.2, -0.15) is 0 Å². The third-order valence-corrected chi connectivity index (χ3v) is 10.9. The topological polar surface area (TPSA) is 51.6 Å². The molecule has 0 fully saturated rings. The van der Waals surface area contributed by atoms with Crippen LogP contribution in [0.25, 0.3) is 111 Å². The van der Waals surface area contributed by atoms with Crippen molar-refractivity contribution in [3.63, 3.8) is 0 Å². The van der Waals surface area contributed by atoms with E-state index in [-0.39, 0.29) is 0 Å². The maximum absolute atomic E-state index is 5.25. The molecule has 0 spiro atoms. The summed E-state index contributed by atoms with van der Waals surface area (Å²) < 4.78 is 0. The van der Waals surface area contributed by atoms with Crippen LogP contribution in [0, 0.1) is 0 Å². The summed E-state index contributed by atoms with van der Waals surface area (Å²) in [6.07, 6.45) is 5.59. The van der Waals surface area contributed by atoms with Crippen molar-refractivity contribution in [2.24, 2.45) is 0 Å². The molecule has 0 aliphatic heterocycles. The minimum absolute atomic E-state index is 0.652. The van der Waals surface area contributed by atoms with E-state index in [9.17, 15) is 0 Å². The molecular weight excluding hydrogens is 681 g/mol. The Hall–Kier alpha value is -7.56. The van der Waals surface area contributed by atoms with Gasteiger partial charge in [-0.05, 0) is 96.5 Å². The zero-order valence-corrected chi connectivity index (χ0v) is 30.3. The first-order valence-electron chi connectivity index (χ1n) is 18.9. The van der Waals surface area contributed by atoms with Gasteiger partial charge in [0.2, 0.25) is 0 Å². The average molecular weight is 713 g/mol. The van der Waals surface area contributed by atoms with Gasteiger partial charge in [0.1, 0.15) is 0 Å². The molecule has 11 aromatic rings. The molecule has 3 heterocycles. The molecule has 11 rings (SSSR count). The summed E-state index contributed by atoms with van der Waals surface area (Å²) >= 11 is 0. The summed E-state index contributed by atoms with van der Waals surface area (Å²) in [5.74, 6) is 0.652. The Labute approximate surface area is 323 Å². The number of benzene rings is 8. The largest absolute Gasteiger partial charge is 0.264 e. The number of nitrogens with zero attached hydrogens (tertiary/aromatic N) is 4. The van der Waals surface area contributed by atoms with Crippen LogP contribution in [0.15, 0.2) is 195 Å². The summed E-state index contributed by atoms with van der Waals surface area (Å²) in [4.78, 5) is 19.6. The predicted octanol–water partition coefficient (Wildman–Crippen LogP) is 13.3. The van der Waals surface area contributed by atoms with E-state index in [1.165, 1.54) is 49.0 Å². The first-order valence-corrected chi connectivity index (χ1v) is 18.9.